The molecule has 6 nitrogen and oxygen atoms in total. The lowest BCUT2D eigenvalue weighted by molar-refractivity contribution is 0.358. The van der Waals surface area contributed by atoms with Crippen molar-refractivity contribution in [2.24, 2.45) is 5.73 Å². The second kappa shape index (κ2) is 6.24. The first-order chi connectivity index (χ1) is 8.39. The van der Waals surface area contributed by atoms with Gasteiger partial charge < -0.3 is 10.6 Å². The van der Waals surface area contributed by atoms with Crippen LogP contribution in [0.2, 0.25) is 0 Å². The van der Waals surface area contributed by atoms with Crippen LogP contribution in [-0.2, 0) is 16.6 Å². The quantitative estimate of drug-likeness (QED) is 0.770. The average Bonchev–Trinajstić information content (AvgIpc) is 2.35. The molecule has 1 heterocycles. The second-order valence-electron chi connectivity index (χ2n) is 4.28. The lowest BCUT2D eigenvalue weighted by atomic mass is 10.3. The highest BCUT2D eigenvalue weighted by molar-refractivity contribution is 7.89. The van der Waals surface area contributed by atoms with Crippen molar-refractivity contribution in [2.45, 2.75) is 11.4 Å². The van der Waals surface area contributed by atoms with E-state index in [-0.39, 0.29) is 11.4 Å². The number of sulfonamides is 1. The molecule has 102 valence electrons. The Morgan fingerprint density at radius 1 is 1.28 bits per heavy atom. The Labute approximate surface area is 108 Å². The fourth-order valence-corrected chi connectivity index (χ4v) is 2.78. The van der Waals surface area contributed by atoms with Gasteiger partial charge in [0.1, 0.15) is 4.90 Å². The normalized spacial score (nSPS) is 12.3. The van der Waals surface area contributed by atoms with Crippen molar-refractivity contribution in [1.29, 1.82) is 0 Å². The van der Waals surface area contributed by atoms with Crippen LogP contribution in [0.25, 0.3) is 0 Å². The van der Waals surface area contributed by atoms with Gasteiger partial charge in [0.25, 0.3) is 0 Å². The van der Waals surface area contributed by atoms with Crippen LogP contribution in [0.1, 0.15) is 5.69 Å². The third kappa shape index (κ3) is 3.49. The number of aromatic nitrogens is 1. The minimum absolute atomic E-state index is 0.108. The minimum Gasteiger partial charge on any atom is -0.325 e. The predicted octanol–water partition coefficient (Wildman–Crippen LogP) is -0.278. The fraction of sp³-hybridized carbons (Fsp3) is 0.545. The number of nitrogens with zero attached hydrogens (tertiary/aromatic N) is 3. The third-order valence-corrected chi connectivity index (χ3v) is 4.52. The van der Waals surface area contributed by atoms with Crippen molar-refractivity contribution in [1.82, 2.24) is 14.2 Å². The summed E-state index contributed by atoms with van der Waals surface area (Å²) in [5.74, 6) is 0. The maximum absolute atomic E-state index is 12.3. The highest BCUT2D eigenvalue weighted by Crippen LogP contribution is 2.16. The van der Waals surface area contributed by atoms with Crippen LogP contribution in [0.5, 0.6) is 0 Å². The number of pyridine rings is 1. The van der Waals surface area contributed by atoms with Crippen LogP contribution < -0.4 is 5.73 Å². The molecule has 0 saturated heterocycles. The molecule has 0 atom stereocenters. The first-order valence-electron chi connectivity index (χ1n) is 5.64. The van der Waals surface area contributed by atoms with Gasteiger partial charge in [-0.15, -0.1) is 0 Å². The Kier molecular flexibility index (Phi) is 5.21. The van der Waals surface area contributed by atoms with Crippen molar-refractivity contribution in [2.75, 3.05) is 34.2 Å². The number of rotatable bonds is 6. The summed E-state index contributed by atoms with van der Waals surface area (Å²) in [5, 5.41) is 0. The fourth-order valence-electron chi connectivity index (χ4n) is 1.44. The summed E-state index contributed by atoms with van der Waals surface area (Å²) >= 11 is 0. The van der Waals surface area contributed by atoms with Crippen molar-refractivity contribution >= 4 is 10.0 Å². The summed E-state index contributed by atoms with van der Waals surface area (Å²) in [4.78, 5) is 6.12. The molecule has 0 aliphatic carbocycles. The standard InChI is InChI=1S/C11H20N4O2S/c1-14(2)7-8-15(3)18(16,17)11-5-4-6-13-10(11)9-12/h4-6H,7-9,12H2,1-3H3. The van der Waals surface area contributed by atoms with Crippen molar-refractivity contribution in [3.8, 4) is 0 Å². The average molecular weight is 272 g/mol. The van der Waals surface area contributed by atoms with Gasteiger partial charge >= 0.3 is 0 Å². The molecule has 0 spiro atoms. The van der Waals surface area contributed by atoms with Gasteiger partial charge in [0.05, 0.1) is 5.69 Å². The van der Waals surface area contributed by atoms with Crippen molar-refractivity contribution in [3.63, 3.8) is 0 Å². The number of nitrogens with two attached hydrogens (primary N) is 1. The predicted molar refractivity (Wildman–Crippen MR) is 70.5 cm³/mol. The molecule has 0 aromatic carbocycles. The third-order valence-electron chi connectivity index (χ3n) is 2.59. The molecule has 1 rings (SSSR count). The Balaban J connectivity index is 2.98. The van der Waals surface area contributed by atoms with Crippen LogP contribution in [0.15, 0.2) is 23.2 Å². The minimum atomic E-state index is -3.51. The molecule has 0 unspecified atom stereocenters. The molecular formula is C11H20N4O2S. The van der Waals surface area contributed by atoms with E-state index < -0.39 is 10.0 Å². The molecule has 2 N–H and O–H groups in total. The van der Waals surface area contributed by atoms with Crippen LogP contribution in [0, 0.1) is 0 Å². The maximum Gasteiger partial charge on any atom is 0.244 e. The van der Waals surface area contributed by atoms with Crippen LogP contribution in [-0.4, -0.2) is 56.8 Å². The summed E-state index contributed by atoms with van der Waals surface area (Å²) in [6, 6.07) is 3.14. The molecule has 0 radical (unpaired) electrons. The summed E-state index contributed by atoms with van der Waals surface area (Å²) in [6.45, 7) is 1.19. The molecule has 18 heavy (non-hydrogen) atoms. The van der Waals surface area contributed by atoms with Crippen LogP contribution >= 0.6 is 0 Å². The molecule has 0 bridgehead atoms. The van der Waals surface area contributed by atoms with Gasteiger partial charge in [-0.1, -0.05) is 0 Å². The summed E-state index contributed by atoms with van der Waals surface area (Å²) < 4.78 is 26.0. The van der Waals surface area contributed by atoms with Gasteiger partial charge in [-0.05, 0) is 26.2 Å². The summed E-state index contributed by atoms with van der Waals surface area (Å²) in [5.41, 5.74) is 5.91. The van der Waals surface area contributed by atoms with E-state index in [4.69, 9.17) is 5.73 Å². The zero-order chi connectivity index (χ0) is 13.8. The second-order valence-corrected chi connectivity index (χ2v) is 6.30. The van der Waals surface area contributed by atoms with Gasteiger partial charge in [-0.3, -0.25) is 4.98 Å². The van der Waals surface area contributed by atoms with Gasteiger partial charge in [-0.2, -0.15) is 4.31 Å². The van der Waals surface area contributed by atoms with E-state index in [0.717, 1.165) is 0 Å². The van der Waals surface area contributed by atoms with Crippen LogP contribution in [0.3, 0.4) is 0 Å². The van der Waals surface area contributed by atoms with Gasteiger partial charge in [0, 0.05) is 32.9 Å². The number of hydrogen-bond acceptors (Lipinski definition) is 5. The lowest BCUT2D eigenvalue weighted by Crippen LogP contribution is -2.34. The lowest BCUT2D eigenvalue weighted by Gasteiger charge is -2.20. The first-order valence-corrected chi connectivity index (χ1v) is 7.08. The van der Waals surface area contributed by atoms with E-state index >= 15 is 0 Å². The maximum atomic E-state index is 12.3. The molecule has 0 aliphatic rings. The first kappa shape index (κ1) is 15.0. The highest BCUT2D eigenvalue weighted by Gasteiger charge is 2.23. The topological polar surface area (TPSA) is 79.5 Å². The number of likely N-dealkylation sites (N-methyl/N-ethyl adjacent to an activating group) is 2. The monoisotopic (exact) mass is 272 g/mol. The Bertz CT molecular complexity index is 488. The molecule has 0 fully saturated rings. The van der Waals surface area contributed by atoms with Crippen molar-refractivity contribution < 1.29 is 8.42 Å². The van der Waals surface area contributed by atoms with E-state index in [0.29, 0.717) is 18.8 Å². The van der Waals surface area contributed by atoms with Gasteiger partial charge in [0.15, 0.2) is 0 Å². The van der Waals surface area contributed by atoms with E-state index in [1.807, 2.05) is 19.0 Å². The Morgan fingerprint density at radius 2 is 1.94 bits per heavy atom. The zero-order valence-electron chi connectivity index (χ0n) is 11.0. The molecule has 0 aliphatic heterocycles. The Hall–Kier alpha value is -1.02. The van der Waals surface area contributed by atoms with E-state index in [1.165, 1.54) is 10.4 Å². The zero-order valence-corrected chi connectivity index (χ0v) is 11.8. The van der Waals surface area contributed by atoms with Crippen molar-refractivity contribution in [3.05, 3.63) is 24.0 Å². The molecule has 1 aromatic rings. The number of hydrogen-bond donors (Lipinski definition) is 1. The van der Waals surface area contributed by atoms with Gasteiger partial charge in [-0.25, -0.2) is 8.42 Å². The molecule has 0 saturated carbocycles. The van der Waals surface area contributed by atoms with Crippen LogP contribution in [0.4, 0.5) is 0 Å². The smallest absolute Gasteiger partial charge is 0.244 e. The SMILES string of the molecule is CN(C)CCN(C)S(=O)(=O)c1cccnc1CN. The molecule has 1 aromatic heterocycles. The molecular weight excluding hydrogens is 252 g/mol. The summed E-state index contributed by atoms with van der Waals surface area (Å²) in [6.07, 6.45) is 1.54. The highest BCUT2D eigenvalue weighted by atomic mass is 32.2. The van der Waals surface area contributed by atoms with Gasteiger partial charge in [0.2, 0.25) is 10.0 Å². The van der Waals surface area contributed by atoms with E-state index in [9.17, 15) is 8.42 Å². The van der Waals surface area contributed by atoms with E-state index in [1.54, 1.807) is 19.3 Å². The largest absolute Gasteiger partial charge is 0.325 e. The van der Waals surface area contributed by atoms with E-state index in [2.05, 4.69) is 4.98 Å². The summed E-state index contributed by atoms with van der Waals surface area (Å²) in [7, 11) is 1.85. The Morgan fingerprint density at radius 3 is 2.50 bits per heavy atom. The molecule has 0 amide bonds. The molecule has 7 heteroatoms.